The summed E-state index contributed by atoms with van der Waals surface area (Å²) < 4.78 is 25.7. The molecule has 1 aliphatic heterocycles. The quantitative estimate of drug-likeness (QED) is 0.843. The molecule has 2 N–H and O–H groups in total. The van der Waals surface area contributed by atoms with Gasteiger partial charge in [0.15, 0.2) is 0 Å². The molecule has 5 nitrogen and oxygen atoms in total. The van der Waals surface area contributed by atoms with E-state index in [1.54, 1.807) is 25.1 Å². The number of aliphatic hydroxyl groups excluding tert-OH is 1. The predicted molar refractivity (Wildman–Crippen MR) is 70.1 cm³/mol. The van der Waals surface area contributed by atoms with E-state index in [4.69, 9.17) is 0 Å². The maximum atomic E-state index is 12.3. The third-order valence-corrected chi connectivity index (χ3v) is 4.84. The van der Waals surface area contributed by atoms with E-state index in [-0.39, 0.29) is 11.4 Å². The highest BCUT2D eigenvalue weighted by Gasteiger charge is 2.23. The summed E-state index contributed by atoms with van der Waals surface area (Å²) in [5.41, 5.74) is 2.04. The van der Waals surface area contributed by atoms with Crippen molar-refractivity contribution < 1.29 is 13.5 Å². The van der Waals surface area contributed by atoms with Gasteiger partial charge in [-0.3, -0.25) is 0 Å². The minimum atomic E-state index is -3.51. The van der Waals surface area contributed by atoms with Crippen LogP contribution in [0.25, 0.3) is 0 Å². The Labute approximate surface area is 107 Å². The number of aliphatic hydroxyl groups is 1. The van der Waals surface area contributed by atoms with Gasteiger partial charge in [0, 0.05) is 25.8 Å². The standard InChI is InChI=1S/C12H18N2O3S/c1-9(15)8-14(2)18(16,17)11-3-4-12-10(7-11)5-6-13-12/h3-4,7,9,13,15H,5-6,8H2,1-2H3. The van der Waals surface area contributed by atoms with E-state index in [0.717, 1.165) is 24.2 Å². The van der Waals surface area contributed by atoms with Gasteiger partial charge in [0.1, 0.15) is 0 Å². The number of sulfonamides is 1. The normalized spacial score (nSPS) is 16.4. The van der Waals surface area contributed by atoms with Crippen LogP contribution in [0, 0.1) is 0 Å². The van der Waals surface area contributed by atoms with Gasteiger partial charge in [-0.2, -0.15) is 4.31 Å². The fourth-order valence-electron chi connectivity index (χ4n) is 2.09. The summed E-state index contributed by atoms with van der Waals surface area (Å²) in [6.07, 6.45) is 0.166. The van der Waals surface area contributed by atoms with Gasteiger partial charge in [0.25, 0.3) is 0 Å². The molecule has 0 saturated carbocycles. The summed E-state index contributed by atoms with van der Waals surface area (Å²) in [5.74, 6) is 0. The van der Waals surface area contributed by atoms with E-state index >= 15 is 0 Å². The van der Waals surface area contributed by atoms with Crippen LogP contribution in [0.5, 0.6) is 0 Å². The zero-order valence-corrected chi connectivity index (χ0v) is 11.4. The minimum Gasteiger partial charge on any atom is -0.392 e. The number of benzene rings is 1. The molecule has 0 aromatic heterocycles. The van der Waals surface area contributed by atoms with Crippen molar-refractivity contribution in [2.24, 2.45) is 0 Å². The lowest BCUT2D eigenvalue weighted by Gasteiger charge is -2.19. The Morgan fingerprint density at radius 2 is 2.22 bits per heavy atom. The Kier molecular flexibility index (Phi) is 3.61. The molecule has 0 amide bonds. The van der Waals surface area contributed by atoms with Gasteiger partial charge in [0.2, 0.25) is 10.0 Å². The van der Waals surface area contributed by atoms with Gasteiger partial charge in [-0.1, -0.05) is 0 Å². The van der Waals surface area contributed by atoms with Crippen LogP contribution in [0.2, 0.25) is 0 Å². The molecule has 2 rings (SSSR count). The Hall–Kier alpha value is -1.11. The van der Waals surface area contributed by atoms with E-state index < -0.39 is 16.1 Å². The molecular formula is C12H18N2O3S. The second kappa shape index (κ2) is 4.87. The molecule has 100 valence electrons. The van der Waals surface area contributed by atoms with Crippen LogP contribution in [-0.4, -0.2) is 44.1 Å². The second-order valence-electron chi connectivity index (χ2n) is 4.63. The smallest absolute Gasteiger partial charge is 0.242 e. The first-order valence-electron chi connectivity index (χ1n) is 5.92. The largest absolute Gasteiger partial charge is 0.392 e. The van der Waals surface area contributed by atoms with E-state index in [1.165, 1.54) is 11.4 Å². The number of hydrogen-bond donors (Lipinski definition) is 2. The van der Waals surface area contributed by atoms with Crippen molar-refractivity contribution in [3.8, 4) is 0 Å². The number of rotatable bonds is 4. The molecule has 0 spiro atoms. The molecule has 1 aromatic rings. The van der Waals surface area contributed by atoms with Crippen LogP contribution in [-0.2, 0) is 16.4 Å². The molecular weight excluding hydrogens is 252 g/mol. The van der Waals surface area contributed by atoms with Crippen molar-refractivity contribution in [3.63, 3.8) is 0 Å². The van der Waals surface area contributed by atoms with Gasteiger partial charge in [-0.25, -0.2) is 8.42 Å². The summed E-state index contributed by atoms with van der Waals surface area (Å²) in [4.78, 5) is 0.285. The average molecular weight is 270 g/mol. The van der Waals surface area contributed by atoms with Gasteiger partial charge < -0.3 is 10.4 Å². The number of nitrogens with zero attached hydrogens (tertiary/aromatic N) is 1. The molecule has 1 unspecified atom stereocenters. The molecule has 0 saturated heterocycles. The first kappa shape index (κ1) is 13.3. The monoisotopic (exact) mass is 270 g/mol. The van der Waals surface area contributed by atoms with Crippen molar-refractivity contribution in [2.45, 2.75) is 24.3 Å². The molecule has 18 heavy (non-hydrogen) atoms. The maximum absolute atomic E-state index is 12.3. The lowest BCUT2D eigenvalue weighted by molar-refractivity contribution is 0.171. The van der Waals surface area contributed by atoms with E-state index in [1.807, 2.05) is 0 Å². The van der Waals surface area contributed by atoms with Crippen molar-refractivity contribution in [3.05, 3.63) is 23.8 Å². The molecule has 6 heteroatoms. The number of likely N-dealkylation sites (N-methyl/N-ethyl adjacent to an activating group) is 1. The Bertz CT molecular complexity index is 540. The van der Waals surface area contributed by atoms with Crippen molar-refractivity contribution >= 4 is 15.7 Å². The fraction of sp³-hybridized carbons (Fsp3) is 0.500. The molecule has 1 aliphatic rings. The van der Waals surface area contributed by atoms with Gasteiger partial charge in [-0.15, -0.1) is 0 Å². The number of anilines is 1. The van der Waals surface area contributed by atoms with Crippen LogP contribution in [0.15, 0.2) is 23.1 Å². The van der Waals surface area contributed by atoms with E-state index in [2.05, 4.69) is 5.32 Å². The molecule has 0 radical (unpaired) electrons. The molecule has 0 bridgehead atoms. The van der Waals surface area contributed by atoms with Crippen molar-refractivity contribution in [1.82, 2.24) is 4.31 Å². The van der Waals surface area contributed by atoms with Crippen LogP contribution < -0.4 is 5.32 Å². The fourth-order valence-corrected chi connectivity index (χ4v) is 3.39. The third kappa shape index (κ3) is 2.50. The Morgan fingerprint density at radius 1 is 1.50 bits per heavy atom. The van der Waals surface area contributed by atoms with Gasteiger partial charge in [0.05, 0.1) is 11.0 Å². The van der Waals surface area contributed by atoms with Crippen molar-refractivity contribution in [2.75, 3.05) is 25.5 Å². The molecule has 1 heterocycles. The van der Waals surface area contributed by atoms with Gasteiger partial charge >= 0.3 is 0 Å². The zero-order chi connectivity index (χ0) is 13.3. The lowest BCUT2D eigenvalue weighted by atomic mass is 10.2. The first-order chi connectivity index (χ1) is 8.41. The summed E-state index contributed by atoms with van der Waals surface area (Å²) in [6.45, 7) is 2.51. The number of hydrogen-bond acceptors (Lipinski definition) is 4. The first-order valence-corrected chi connectivity index (χ1v) is 7.36. The third-order valence-electron chi connectivity index (χ3n) is 3.02. The highest BCUT2D eigenvalue weighted by Crippen LogP contribution is 2.26. The van der Waals surface area contributed by atoms with Crippen LogP contribution >= 0.6 is 0 Å². The Balaban J connectivity index is 2.30. The highest BCUT2D eigenvalue weighted by atomic mass is 32.2. The molecule has 1 atom stereocenters. The lowest BCUT2D eigenvalue weighted by Crippen LogP contribution is -2.33. The molecule has 0 aliphatic carbocycles. The molecule has 0 fully saturated rings. The maximum Gasteiger partial charge on any atom is 0.242 e. The predicted octanol–water partition coefficient (Wildman–Crippen LogP) is 0.656. The topological polar surface area (TPSA) is 69.6 Å². The number of nitrogens with one attached hydrogen (secondary N) is 1. The van der Waals surface area contributed by atoms with Crippen LogP contribution in [0.1, 0.15) is 12.5 Å². The second-order valence-corrected chi connectivity index (χ2v) is 6.68. The van der Waals surface area contributed by atoms with Crippen molar-refractivity contribution in [1.29, 1.82) is 0 Å². The average Bonchev–Trinajstić information content (AvgIpc) is 2.74. The van der Waals surface area contributed by atoms with Crippen LogP contribution in [0.4, 0.5) is 5.69 Å². The minimum absolute atomic E-state index is 0.0949. The zero-order valence-electron chi connectivity index (χ0n) is 10.5. The highest BCUT2D eigenvalue weighted by molar-refractivity contribution is 7.89. The Morgan fingerprint density at radius 3 is 2.89 bits per heavy atom. The van der Waals surface area contributed by atoms with E-state index in [0.29, 0.717) is 0 Å². The summed E-state index contributed by atoms with van der Waals surface area (Å²) in [5, 5.41) is 12.5. The van der Waals surface area contributed by atoms with E-state index in [9.17, 15) is 13.5 Å². The summed E-state index contributed by atoms with van der Waals surface area (Å²) >= 11 is 0. The summed E-state index contributed by atoms with van der Waals surface area (Å²) in [6, 6.07) is 5.11. The van der Waals surface area contributed by atoms with Crippen LogP contribution in [0.3, 0.4) is 0 Å². The summed E-state index contributed by atoms with van der Waals surface area (Å²) in [7, 11) is -2.03. The SMILES string of the molecule is CC(O)CN(C)S(=O)(=O)c1ccc2c(c1)CCN2. The molecule has 1 aromatic carbocycles. The van der Waals surface area contributed by atoms with Gasteiger partial charge in [-0.05, 0) is 37.1 Å². The number of fused-ring (bicyclic) bond motifs is 1.